The van der Waals surface area contributed by atoms with E-state index in [0.29, 0.717) is 10.8 Å². The van der Waals surface area contributed by atoms with Crippen molar-refractivity contribution in [1.82, 2.24) is 4.98 Å². The number of carbonyl (C=O) groups is 2. The zero-order valence-corrected chi connectivity index (χ0v) is 18.3. The molecule has 3 aromatic rings. The minimum absolute atomic E-state index is 0.0479. The zero-order chi connectivity index (χ0) is 21.7. The summed E-state index contributed by atoms with van der Waals surface area (Å²) in [6, 6.07) is 13.7. The van der Waals surface area contributed by atoms with Crippen LogP contribution >= 0.6 is 11.3 Å². The molecule has 30 heavy (non-hydrogen) atoms. The molecule has 0 aliphatic heterocycles. The van der Waals surface area contributed by atoms with Crippen LogP contribution in [0.3, 0.4) is 0 Å². The number of hydrogen-bond donors (Lipinski definition) is 0. The van der Waals surface area contributed by atoms with Crippen LogP contribution in [0.4, 0.5) is 10.8 Å². The lowest BCUT2D eigenvalue weighted by Crippen LogP contribution is -2.22. The molecule has 0 unspecified atom stereocenters. The third kappa shape index (κ3) is 5.42. The summed E-state index contributed by atoms with van der Waals surface area (Å²) in [6.07, 6.45) is 3.11. The largest absolute Gasteiger partial charge is 0.456 e. The number of carbonyl (C=O) groups excluding carboxylic acids is 2. The van der Waals surface area contributed by atoms with Crippen LogP contribution in [0, 0.1) is 20.8 Å². The van der Waals surface area contributed by atoms with Gasteiger partial charge in [0.1, 0.15) is 6.61 Å². The molecule has 0 bridgehead atoms. The first kappa shape index (κ1) is 21.5. The van der Waals surface area contributed by atoms with Crippen LogP contribution in [0.1, 0.15) is 34.9 Å². The molecule has 3 rings (SSSR count). The van der Waals surface area contributed by atoms with E-state index < -0.39 is 5.97 Å². The number of amides is 1. The summed E-state index contributed by atoms with van der Waals surface area (Å²) < 4.78 is 5.28. The van der Waals surface area contributed by atoms with Crippen LogP contribution < -0.4 is 4.90 Å². The molecule has 1 aromatic heterocycles. The number of rotatable bonds is 6. The molecule has 5 nitrogen and oxygen atoms in total. The Morgan fingerprint density at radius 3 is 2.47 bits per heavy atom. The highest BCUT2D eigenvalue weighted by Gasteiger charge is 2.18. The molecule has 0 saturated heterocycles. The van der Waals surface area contributed by atoms with Gasteiger partial charge >= 0.3 is 5.97 Å². The minimum atomic E-state index is -0.442. The average Bonchev–Trinajstić information content (AvgIpc) is 3.17. The minimum Gasteiger partial charge on any atom is -0.456 e. The predicted molar refractivity (Wildman–Crippen MR) is 121 cm³/mol. The third-order valence-corrected chi connectivity index (χ3v) is 5.52. The van der Waals surface area contributed by atoms with Crippen molar-refractivity contribution in [3.63, 3.8) is 0 Å². The highest BCUT2D eigenvalue weighted by molar-refractivity contribution is 7.14. The molecule has 0 N–H and O–H groups in total. The number of nitrogens with zero attached hydrogens (tertiary/aromatic N) is 2. The normalized spacial score (nSPS) is 10.9. The van der Waals surface area contributed by atoms with E-state index in [4.69, 9.17) is 4.74 Å². The Balaban J connectivity index is 1.65. The molecule has 1 heterocycles. The number of aromatic nitrogens is 1. The lowest BCUT2D eigenvalue weighted by atomic mass is 10.1. The van der Waals surface area contributed by atoms with E-state index in [1.54, 1.807) is 16.4 Å². The van der Waals surface area contributed by atoms with Gasteiger partial charge in [-0.2, -0.15) is 0 Å². The molecule has 0 radical (unpaired) electrons. The van der Waals surface area contributed by atoms with Gasteiger partial charge in [-0.1, -0.05) is 35.9 Å². The van der Waals surface area contributed by atoms with Gasteiger partial charge in [0.15, 0.2) is 5.13 Å². The predicted octanol–water partition coefficient (Wildman–Crippen LogP) is 5.51. The molecular weight excluding hydrogens is 396 g/mol. The van der Waals surface area contributed by atoms with E-state index in [0.717, 1.165) is 27.9 Å². The number of hydrogen-bond acceptors (Lipinski definition) is 5. The molecule has 1 amide bonds. The SMILES string of the molecule is CC(=O)N(c1ccc(C)c(C)c1)c1nc(COC(=O)/C=C/c2ccc(C)cc2)cs1. The topological polar surface area (TPSA) is 59.5 Å². The summed E-state index contributed by atoms with van der Waals surface area (Å²) in [5.74, 6) is -0.570. The van der Waals surface area contributed by atoms with Crippen molar-refractivity contribution >= 4 is 40.1 Å². The first-order valence-corrected chi connectivity index (χ1v) is 10.5. The Morgan fingerprint density at radius 1 is 1.07 bits per heavy atom. The van der Waals surface area contributed by atoms with Crippen LogP contribution in [0.5, 0.6) is 0 Å². The number of ether oxygens (including phenoxy) is 1. The molecular formula is C24H24N2O3S. The molecule has 2 aromatic carbocycles. The van der Waals surface area contributed by atoms with Gasteiger partial charge in [0.2, 0.25) is 5.91 Å². The van der Waals surface area contributed by atoms with Crippen molar-refractivity contribution in [2.24, 2.45) is 0 Å². The van der Waals surface area contributed by atoms with Crippen molar-refractivity contribution in [3.8, 4) is 0 Å². The fraction of sp³-hybridized carbons (Fsp3) is 0.208. The van der Waals surface area contributed by atoms with E-state index in [-0.39, 0.29) is 12.5 Å². The summed E-state index contributed by atoms with van der Waals surface area (Å²) in [6.45, 7) is 7.60. The van der Waals surface area contributed by atoms with Crippen LogP contribution in [0.2, 0.25) is 0 Å². The van der Waals surface area contributed by atoms with Gasteiger partial charge in [0.25, 0.3) is 0 Å². The summed E-state index contributed by atoms with van der Waals surface area (Å²) >= 11 is 1.34. The maximum absolute atomic E-state index is 12.3. The van der Waals surface area contributed by atoms with Gasteiger partial charge < -0.3 is 4.74 Å². The number of anilines is 2. The Bertz CT molecular complexity index is 1080. The van der Waals surface area contributed by atoms with Gasteiger partial charge in [-0.05, 0) is 55.7 Å². The Labute approximate surface area is 180 Å². The van der Waals surface area contributed by atoms with Crippen LogP contribution in [0.15, 0.2) is 53.9 Å². The lowest BCUT2D eigenvalue weighted by molar-refractivity contribution is -0.139. The van der Waals surface area contributed by atoms with Crippen LogP contribution in [-0.2, 0) is 20.9 Å². The lowest BCUT2D eigenvalue weighted by Gasteiger charge is -2.19. The number of aryl methyl sites for hydroxylation is 3. The molecule has 6 heteroatoms. The summed E-state index contributed by atoms with van der Waals surface area (Å²) in [5.41, 5.74) is 5.72. The third-order valence-electron chi connectivity index (χ3n) is 4.65. The Hall–Kier alpha value is -3.25. The van der Waals surface area contributed by atoms with Crippen molar-refractivity contribution in [3.05, 3.63) is 81.9 Å². The van der Waals surface area contributed by atoms with Gasteiger partial charge in [0, 0.05) is 18.4 Å². The summed E-state index contributed by atoms with van der Waals surface area (Å²) in [7, 11) is 0. The van der Waals surface area contributed by atoms with Crippen molar-refractivity contribution in [2.75, 3.05) is 4.90 Å². The highest BCUT2D eigenvalue weighted by Crippen LogP contribution is 2.30. The Morgan fingerprint density at radius 2 is 1.80 bits per heavy atom. The number of benzene rings is 2. The maximum Gasteiger partial charge on any atom is 0.331 e. The van der Waals surface area contributed by atoms with Crippen molar-refractivity contribution < 1.29 is 14.3 Å². The molecule has 0 aliphatic carbocycles. The second kappa shape index (κ2) is 9.50. The molecule has 154 valence electrons. The number of thiazole rings is 1. The van der Waals surface area contributed by atoms with E-state index >= 15 is 0 Å². The van der Waals surface area contributed by atoms with Crippen LogP contribution in [-0.4, -0.2) is 16.9 Å². The zero-order valence-electron chi connectivity index (χ0n) is 17.5. The monoisotopic (exact) mass is 420 g/mol. The standard InChI is InChI=1S/C24H24N2O3S/c1-16-5-8-20(9-6-16)10-12-23(28)29-14-21-15-30-24(25-21)26(19(4)27)22-11-7-17(2)18(3)13-22/h5-13,15H,14H2,1-4H3/b12-10+. The molecule has 0 aliphatic rings. The van der Waals surface area contributed by atoms with Gasteiger partial charge in [-0.15, -0.1) is 11.3 Å². The van der Waals surface area contributed by atoms with Gasteiger partial charge in [-0.25, -0.2) is 9.78 Å². The van der Waals surface area contributed by atoms with E-state index in [2.05, 4.69) is 4.98 Å². The molecule has 0 atom stereocenters. The smallest absolute Gasteiger partial charge is 0.331 e. The summed E-state index contributed by atoms with van der Waals surface area (Å²) in [4.78, 5) is 30.3. The van der Waals surface area contributed by atoms with Crippen molar-refractivity contribution in [1.29, 1.82) is 0 Å². The van der Waals surface area contributed by atoms with Gasteiger partial charge in [0.05, 0.1) is 11.4 Å². The maximum atomic E-state index is 12.3. The fourth-order valence-corrected chi connectivity index (χ4v) is 3.66. The average molecular weight is 421 g/mol. The molecule has 0 spiro atoms. The van der Waals surface area contributed by atoms with E-state index in [9.17, 15) is 9.59 Å². The second-order valence-corrected chi connectivity index (χ2v) is 7.93. The van der Waals surface area contributed by atoms with E-state index in [1.807, 2.05) is 63.2 Å². The van der Waals surface area contributed by atoms with E-state index in [1.165, 1.54) is 24.3 Å². The van der Waals surface area contributed by atoms with Crippen molar-refractivity contribution in [2.45, 2.75) is 34.3 Å². The summed E-state index contributed by atoms with van der Waals surface area (Å²) in [5, 5.41) is 2.34. The quantitative estimate of drug-likeness (QED) is 0.390. The fourth-order valence-electron chi connectivity index (χ4n) is 2.79. The molecule has 0 saturated carbocycles. The van der Waals surface area contributed by atoms with Gasteiger partial charge in [-0.3, -0.25) is 9.69 Å². The van der Waals surface area contributed by atoms with Crippen LogP contribution in [0.25, 0.3) is 6.08 Å². The first-order valence-electron chi connectivity index (χ1n) is 9.57. The first-order chi connectivity index (χ1) is 14.3. The highest BCUT2D eigenvalue weighted by atomic mass is 32.1. The number of esters is 1. The second-order valence-electron chi connectivity index (χ2n) is 7.10. The molecule has 0 fully saturated rings. The Kier molecular flexibility index (Phi) is 6.79.